The summed E-state index contributed by atoms with van der Waals surface area (Å²) < 4.78 is 22.6. The number of rotatable bonds is 7. The summed E-state index contributed by atoms with van der Waals surface area (Å²) in [5.41, 5.74) is -1.47. The van der Waals surface area contributed by atoms with Crippen molar-refractivity contribution in [2.24, 2.45) is 5.41 Å². The average Bonchev–Trinajstić information content (AvgIpc) is 3.55. The Bertz CT molecular complexity index is 1450. The first-order chi connectivity index (χ1) is 16.5. The standard InChI is InChI=1S/C23H20ClFN4O4S2/c1-23(2,3)22(32)29-19(34-12-14-4-5-18(24)35-14)8-16(27-29)15-6-7-28(21(31)20(15)25)10-17(30)13-9-26-33-11-13/h4-9,11H,10,12H2,1-3H3. The molecular weight excluding hydrogens is 515 g/mol. The van der Waals surface area contributed by atoms with Crippen molar-refractivity contribution >= 4 is 46.4 Å². The van der Waals surface area contributed by atoms with Gasteiger partial charge < -0.3 is 9.09 Å². The first kappa shape index (κ1) is 25.1. The van der Waals surface area contributed by atoms with Gasteiger partial charge in [-0.2, -0.15) is 9.78 Å². The Labute approximate surface area is 212 Å². The van der Waals surface area contributed by atoms with E-state index in [1.807, 2.05) is 6.07 Å². The van der Waals surface area contributed by atoms with Gasteiger partial charge in [0, 0.05) is 27.8 Å². The monoisotopic (exact) mass is 534 g/mol. The van der Waals surface area contributed by atoms with Crippen LogP contribution in [-0.2, 0) is 12.3 Å². The third-order valence-electron chi connectivity index (χ3n) is 4.95. The lowest BCUT2D eigenvalue weighted by atomic mass is 9.96. The first-order valence-electron chi connectivity index (χ1n) is 10.4. The second-order valence-electron chi connectivity index (χ2n) is 8.64. The van der Waals surface area contributed by atoms with Crippen LogP contribution in [0.3, 0.4) is 0 Å². The lowest BCUT2D eigenvalue weighted by Gasteiger charge is -2.17. The summed E-state index contributed by atoms with van der Waals surface area (Å²) in [6.45, 7) is 4.91. The summed E-state index contributed by atoms with van der Waals surface area (Å²) in [6.07, 6.45) is 3.69. The molecule has 8 nitrogen and oxygen atoms in total. The predicted octanol–water partition coefficient (Wildman–Crippen LogP) is 5.42. The van der Waals surface area contributed by atoms with Crippen LogP contribution in [0.2, 0.25) is 4.34 Å². The second-order valence-corrected chi connectivity index (χ2v) is 11.4. The van der Waals surface area contributed by atoms with Crippen LogP contribution in [0, 0.1) is 11.2 Å². The molecule has 0 saturated heterocycles. The molecular formula is C23H20ClFN4O4S2. The van der Waals surface area contributed by atoms with E-state index in [4.69, 9.17) is 11.6 Å². The van der Waals surface area contributed by atoms with Gasteiger partial charge in [0.15, 0.2) is 11.6 Å². The number of pyridine rings is 1. The van der Waals surface area contributed by atoms with Crippen LogP contribution in [0.5, 0.6) is 0 Å². The van der Waals surface area contributed by atoms with E-state index in [2.05, 4.69) is 14.8 Å². The molecule has 0 bridgehead atoms. The summed E-state index contributed by atoms with van der Waals surface area (Å²) in [7, 11) is 0. The Morgan fingerprint density at radius 1 is 1.26 bits per heavy atom. The highest BCUT2D eigenvalue weighted by atomic mass is 35.5. The van der Waals surface area contributed by atoms with Crippen LogP contribution < -0.4 is 5.56 Å². The number of hydrogen-bond acceptors (Lipinski definition) is 8. The van der Waals surface area contributed by atoms with E-state index in [1.54, 1.807) is 32.9 Å². The number of thiophene rings is 1. The van der Waals surface area contributed by atoms with Crippen LogP contribution >= 0.6 is 34.7 Å². The fraction of sp³-hybridized carbons (Fsp3) is 0.261. The van der Waals surface area contributed by atoms with Gasteiger partial charge in [-0.3, -0.25) is 14.4 Å². The number of carbonyl (C=O) groups excluding carboxylic acids is 2. The van der Waals surface area contributed by atoms with Crippen LogP contribution in [0.1, 0.15) is 40.8 Å². The van der Waals surface area contributed by atoms with Crippen molar-refractivity contribution in [3.8, 4) is 11.3 Å². The maximum absolute atomic E-state index is 15.1. The average molecular weight is 535 g/mol. The lowest BCUT2D eigenvalue weighted by Crippen LogP contribution is -2.28. The van der Waals surface area contributed by atoms with Gasteiger partial charge in [0.1, 0.15) is 11.3 Å². The van der Waals surface area contributed by atoms with E-state index in [0.717, 1.165) is 15.7 Å². The van der Waals surface area contributed by atoms with Gasteiger partial charge in [-0.15, -0.1) is 23.1 Å². The fourth-order valence-corrected chi connectivity index (χ4v) is 5.22. The number of nitrogens with zero attached hydrogens (tertiary/aromatic N) is 4. The molecule has 4 heterocycles. The Kier molecular flexibility index (Phi) is 7.11. The van der Waals surface area contributed by atoms with Crippen LogP contribution in [0.25, 0.3) is 11.3 Å². The lowest BCUT2D eigenvalue weighted by molar-refractivity contribution is 0.0736. The Hall–Kier alpha value is -3.02. The quantitative estimate of drug-likeness (QED) is 0.231. The third kappa shape index (κ3) is 5.47. The molecule has 182 valence electrons. The summed E-state index contributed by atoms with van der Waals surface area (Å²) in [5.74, 6) is -1.26. The molecule has 35 heavy (non-hydrogen) atoms. The summed E-state index contributed by atoms with van der Waals surface area (Å²) in [4.78, 5) is 38.9. The largest absolute Gasteiger partial charge is 0.364 e. The van der Waals surface area contributed by atoms with Crippen molar-refractivity contribution in [3.63, 3.8) is 0 Å². The molecule has 12 heteroatoms. The zero-order valence-corrected chi connectivity index (χ0v) is 21.3. The predicted molar refractivity (Wildman–Crippen MR) is 132 cm³/mol. The molecule has 4 rings (SSSR count). The highest BCUT2D eigenvalue weighted by molar-refractivity contribution is 7.98. The number of Topliss-reactive ketones (excluding diaryl/α,β-unsaturated/α-hetero) is 1. The molecule has 0 amide bonds. The van der Waals surface area contributed by atoms with Crippen molar-refractivity contribution in [1.82, 2.24) is 19.5 Å². The molecule has 4 aromatic heterocycles. The minimum atomic E-state index is -1.07. The molecule has 0 aliphatic carbocycles. The molecule has 4 aromatic rings. The molecule has 0 atom stereocenters. The summed E-state index contributed by atoms with van der Waals surface area (Å²) in [5, 5.41) is 8.31. The highest BCUT2D eigenvalue weighted by Crippen LogP contribution is 2.33. The van der Waals surface area contributed by atoms with Gasteiger partial charge in [0.05, 0.1) is 28.3 Å². The smallest absolute Gasteiger partial charge is 0.287 e. The van der Waals surface area contributed by atoms with Crippen molar-refractivity contribution in [3.05, 3.63) is 73.9 Å². The highest BCUT2D eigenvalue weighted by Gasteiger charge is 2.28. The zero-order valence-electron chi connectivity index (χ0n) is 18.9. The maximum atomic E-state index is 15.1. The normalized spacial score (nSPS) is 11.7. The molecule has 0 spiro atoms. The number of halogens is 2. The molecule has 0 saturated carbocycles. The van der Waals surface area contributed by atoms with E-state index in [1.165, 1.54) is 46.2 Å². The van der Waals surface area contributed by atoms with Crippen LogP contribution in [-0.4, -0.2) is 31.2 Å². The molecule has 0 unspecified atom stereocenters. The molecule has 0 radical (unpaired) electrons. The summed E-state index contributed by atoms with van der Waals surface area (Å²) in [6, 6.07) is 6.63. The van der Waals surface area contributed by atoms with E-state index in [0.29, 0.717) is 15.1 Å². The van der Waals surface area contributed by atoms with E-state index < -0.39 is 22.6 Å². The Balaban J connectivity index is 1.67. The van der Waals surface area contributed by atoms with Crippen LogP contribution in [0.4, 0.5) is 4.39 Å². The Morgan fingerprint density at radius 2 is 2.03 bits per heavy atom. The van der Waals surface area contributed by atoms with E-state index >= 15 is 4.39 Å². The Morgan fingerprint density at radius 3 is 2.66 bits per heavy atom. The zero-order chi connectivity index (χ0) is 25.3. The molecule has 0 aromatic carbocycles. The van der Waals surface area contributed by atoms with E-state index in [9.17, 15) is 14.4 Å². The molecule has 0 N–H and O–H groups in total. The minimum Gasteiger partial charge on any atom is -0.364 e. The number of ketones is 1. The van der Waals surface area contributed by atoms with Gasteiger partial charge in [-0.05, 0) is 24.3 Å². The van der Waals surface area contributed by atoms with Crippen LogP contribution in [0.15, 0.2) is 57.3 Å². The van der Waals surface area contributed by atoms with Gasteiger partial charge in [0.2, 0.25) is 0 Å². The number of hydrogen-bond donors (Lipinski definition) is 0. The maximum Gasteiger partial charge on any atom is 0.287 e. The first-order valence-corrected chi connectivity index (χ1v) is 12.6. The molecule has 0 fully saturated rings. The molecule has 0 aliphatic rings. The van der Waals surface area contributed by atoms with Gasteiger partial charge in [-0.25, -0.2) is 4.39 Å². The van der Waals surface area contributed by atoms with E-state index in [-0.39, 0.29) is 29.3 Å². The van der Waals surface area contributed by atoms with Gasteiger partial charge in [0.25, 0.3) is 11.5 Å². The van der Waals surface area contributed by atoms with Gasteiger partial charge >= 0.3 is 0 Å². The number of carbonyl (C=O) groups is 2. The van der Waals surface area contributed by atoms with Crippen molar-refractivity contribution in [2.45, 2.75) is 38.1 Å². The number of thioether (sulfide) groups is 1. The fourth-order valence-electron chi connectivity index (χ4n) is 3.09. The van der Waals surface area contributed by atoms with Gasteiger partial charge in [-0.1, -0.05) is 37.5 Å². The van der Waals surface area contributed by atoms with Crippen molar-refractivity contribution in [1.29, 1.82) is 0 Å². The second kappa shape index (κ2) is 9.92. The molecule has 0 aliphatic heterocycles. The number of aromatic nitrogens is 4. The van der Waals surface area contributed by atoms with Crippen molar-refractivity contribution in [2.75, 3.05) is 0 Å². The topological polar surface area (TPSA) is 100.0 Å². The summed E-state index contributed by atoms with van der Waals surface area (Å²) >= 11 is 8.80. The third-order valence-corrected chi connectivity index (χ3v) is 7.41. The SMILES string of the molecule is CC(C)(C)C(=O)n1nc(-c2ccn(CC(=O)c3cnoc3)c(=O)c2F)cc1SCc1ccc(Cl)s1. The van der Waals surface area contributed by atoms with Crippen molar-refractivity contribution < 1.29 is 18.5 Å². The minimum absolute atomic E-state index is 0.0647.